The zero-order valence-corrected chi connectivity index (χ0v) is 13.5. The third-order valence-electron chi connectivity index (χ3n) is 4.46. The Morgan fingerprint density at radius 3 is 2.00 bits per heavy atom. The van der Waals surface area contributed by atoms with Crippen molar-refractivity contribution in [2.45, 2.75) is 25.2 Å². The highest BCUT2D eigenvalue weighted by Crippen LogP contribution is 2.42. The maximum atomic E-state index is 13.1. The highest BCUT2D eigenvalue weighted by molar-refractivity contribution is 6.34. The molecule has 0 atom stereocenters. The Balaban J connectivity index is 2.10. The Bertz CT molecular complexity index is 761. The lowest BCUT2D eigenvalue weighted by Gasteiger charge is -2.26. The zero-order chi connectivity index (χ0) is 17.2. The Hall–Kier alpha value is -2.75. The molecule has 1 aliphatic rings. The predicted molar refractivity (Wildman–Crippen MR) is 91.1 cm³/mol. The van der Waals surface area contributed by atoms with Gasteiger partial charge in [0, 0.05) is 17.7 Å². The van der Waals surface area contributed by atoms with Crippen LogP contribution in [0.5, 0.6) is 0 Å². The molecule has 0 heterocycles. The fourth-order valence-electron chi connectivity index (χ4n) is 3.26. The summed E-state index contributed by atoms with van der Waals surface area (Å²) in [4.78, 5) is 38.6. The van der Waals surface area contributed by atoms with Gasteiger partial charge in [-0.3, -0.25) is 14.4 Å². The first-order chi connectivity index (χ1) is 11.6. The molecule has 24 heavy (non-hydrogen) atoms. The highest BCUT2D eigenvalue weighted by atomic mass is 16.2. The van der Waals surface area contributed by atoms with Crippen molar-refractivity contribution in [1.82, 2.24) is 5.32 Å². The van der Waals surface area contributed by atoms with Crippen LogP contribution in [-0.2, 0) is 10.2 Å². The van der Waals surface area contributed by atoms with Gasteiger partial charge in [0.25, 0.3) is 0 Å². The van der Waals surface area contributed by atoms with Crippen LogP contribution in [0.25, 0.3) is 0 Å². The molecule has 1 N–H and O–H groups in total. The molecule has 2 aromatic rings. The molecule has 4 nitrogen and oxygen atoms in total. The lowest BCUT2D eigenvalue weighted by molar-refractivity contribution is -0.121. The summed E-state index contributed by atoms with van der Waals surface area (Å²) in [5, 5.41) is 2.78. The van der Waals surface area contributed by atoms with Gasteiger partial charge in [0.05, 0.1) is 6.42 Å². The number of carbonyl (C=O) groups is 3. The van der Waals surface area contributed by atoms with Crippen molar-refractivity contribution < 1.29 is 14.4 Å². The lowest BCUT2D eigenvalue weighted by atomic mass is 9.73. The standard InChI is InChI=1S/C20H19NO3/c1-2-12-21-17(22)13-20(14-8-4-3-5-9-14)18(23)15-10-6-7-11-16(15)19(20)24/h3-11H,2,12-13H2,1H3,(H,21,22). The summed E-state index contributed by atoms with van der Waals surface area (Å²) in [7, 11) is 0. The van der Waals surface area contributed by atoms with Gasteiger partial charge >= 0.3 is 0 Å². The van der Waals surface area contributed by atoms with Crippen LogP contribution in [0.3, 0.4) is 0 Å². The number of nitrogens with one attached hydrogen (secondary N) is 1. The number of hydrogen-bond donors (Lipinski definition) is 1. The monoisotopic (exact) mass is 321 g/mol. The van der Waals surface area contributed by atoms with Crippen LogP contribution in [0.15, 0.2) is 54.6 Å². The first kappa shape index (κ1) is 16.1. The van der Waals surface area contributed by atoms with Crippen LogP contribution in [0.4, 0.5) is 0 Å². The Morgan fingerprint density at radius 1 is 0.917 bits per heavy atom. The van der Waals surface area contributed by atoms with Gasteiger partial charge in [0.1, 0.15) is 5.41 Å². The molecule has 2 aromatic carbocycles. The molecular formula is C20H19NO3. The number of benzene rings is 2. The molecule has 1 aliphatic carbocycles. The minimum atomic E-state index is -1.46. The molecule has 0 bridgehead atoms. The summed E-state index contributed by atoms with van der Waals surface area (Å²) in [5.74, 6) is -0.864. The molecular weight excluding hydrogens is 302 g/mol. The third kappa shape index (κ3) is 2.44. The summed E-state index contributed by atoms with van der Waals surface area (Å²) in [6.45, 7) is 2.48. The predicted octanol–water partition coefficient (Wildman–Crippen LogP) is 2.92. The second-order valence-electron chi connectivity index (χ2n) is 6.00. The molecule has 0 unspecified atom stereocenters. The Morgan fingerprint density at radius 2 is 1.46 bits per heavy atom. The van der Waals surface area contributed by atoms with Gasteiger partial charge in [0.2, 0.25) is 5.91 Å². The van der Waals surface area contributed by atoms with E-state index < -0.39 is 5.41 Å². The van der Waals surface area contributed by atoms with Crippen molar-refractivity contribution in [2.24, 2.45) is 0 Å². The summed E-state index contributed by atoms with van der Waals surface area (Å²) >= 11 is 0. The molecule has 0 spiro atoms. The molecule has 0 radical (unpaired) electrons. The average Bonchev–Trinajstić information content (AvgIpc) is 2.84. The van der Waals surface area contributed by atoms with Crippen LogP contribution in [0.1, 0.15) is 46.0 Å². The molecule has 0 saturated heterocycles. The number of carbonyl (C=O) groups excluding carboxylic acids is 3. The topological polar surface area (TPSA) is 63.2 Å². The van der Waals surface area contributed by atoms with E-state index in [9.17, 15) is 14.4 Å². The van der Waals surface area contributed by atoms with E-state index in [-0.39, 0.29) is 23.9 Å². The van der Waals surface area contributed by atoms with E-state index in [1.54, 1.807) is 48.5 Å². The number of hydrogen-bond acceptors (Lipinski definition) is 3. The van der Waals surface area contributed by atoms with Gasteiger partial charge in [-0.2, -0.15) is 0 Å². The zero-order valence-electron chi connectivity index (χ0n) is 13.5. The first-order valence-electron chi connectivity index (χ1n) is 8.12. The normalized spacial score (nSPS) is 15.2. The van der Waals surface area contributed by atoms with Crippen molar-refractivity contribution in [1.29, 1.82) is 0 Å². The number of ketones is 2. The van der Waals surface area contributed by atoms with Crippen molar-refractivity contribution >= 4 is 17.5 Å². The van der Waals surface area contributed by atoms with Crippen LogP contribution in [-0.4, -0.2) is 24.0 Å². The molecule has 0 fully saturated rings. The summed E-state index contributed by atoms with van der Waals surface area (Å²) in [6, 6.07) is 15.7. The molecule has 4 heteroatoms. The van der Waals surface area contributed by atoms with Gasteiger partial charge in [-0.25, -0.2) is 0 Å². The number of amides is 1. The summed E-state index contributed by atoms with van der Waals surface area (Å²) in [6.07, 6.45) is 0.634. The number of rotatable bonds is 5. The molecule has 0 saturated carbocycles. The van der Waals surface area contributed by atoms with Gasteiger partial charge in [-0.15, -0.1) is 0 Å². The summed E-state index contributed by atoms with van der Waals surface area (Å²) in [5.41, 5.74) is -0.0879. The van der Waals surface area contributed by atoms with Crippen molar-refractivity contribution in [3.8, 4) is 0 Å². The maximum absolute atomic E-state index is 13.1. The number of fused-ring (bicyclic) bond motifs is 1. The molecule has 3 rings (SSSR count). The quantitative estimate of drug-likeness (QED) is 0.861. The van der Waals surface area contributed by atoms with Crippen LogP contribution in [0.2, 0.25) is 0 Å². The van der Waals surface area contributed by atoms with Crippen molar-refractivity contribution in [3.63, 3.8) is 0 Å². The third-order valence-corrected chi connectivity index (χ3v) is 4.46. The Kier molecular flexibility index (Phi) is 4.30. The van der Waals surface area contributed by atoms with Gasteiger partial charge in [-0.1, -0.05) is 61.5 Å². The SMILES string of the molecule is CCCNC(=O)CC1(c2ccccc2)C(=O)c2ccccc2C1=O. The second kappa shape index (κ2) is 6.40. The largest absolute Gasteiger partial charge is 0.356 e. The molecule has 0 aliphatic heterocycles. The average molecular weight is 321 g/mol. The molecule has 1 amide bonds. The highest BCUT2D eigenvalue weighted by Gasteiger charge is 2.54. The fraction of sp³-hybridized carbons (Fsp3) is 0.250. The van der Waals surface area contributed by atoms with E-state index in [2.05, 4.69) is 5.32 Å². The minimum Gasteiger partial charge on any atom is -0.356 e. The summed E-state index contributed by atoms with van der Waals surface area (Å²) < 4.78 is 0. The van der Waals surface area contributed by atoms with Gasteiger partial charge < -0.3 is 5.32 Å². The van der Waals surface area contributed by atoms with Crippen molar-refractivity contribution in [2.75, 3.05) is 6.54 Å². The second-order valence-corrected chi connectivity index (χ2v) is 6.00. The van der Waals surface area contributed by atoms with Gasteiger partial charge in [0.15, 0.2) is 11.6 Å². The van der Waals surface area contributed by atoms with E-state index in [0.29, 0.717) is 23.2 Å². The number of Topliss-reactive ketones (excluding diaryl/α,β-unsaturated/α-hetero) is 2. The Labute approximate surface area is 140 Å². The molecule has 122 valence electrons. The van der Waals surface area contributed by atoms with Crippen molar-refractivity contribution in [3.05, 3.63) is 71.3 Å². The molecule has 0 aromatic heterocycles. The lowest BCUT2D eigenvalue weighted by Crippen LogP contribution is -2.43. The van der Waals surface area contributed by atoms with Crippen LogP contribution < -0.4 is 5.32 Å². The van der Waals surface area contributed by atoms with E-state index in [1.165, 1.54) is 0 Å². The van der Waals surface area contributed by atoms with Crippen LogP contribution >= 0.6 is 0 Å². The fourth-order valence-corrected chi connectivity index (χ4v) is 3.26. The van der Waals surface area contributed by atoms with E-state index in [4.69, 9.17) is 0 Å². The minimum absolute atomic E-state index is 0.163. The smallest absolute Gasteiger partial charge is 0.221 e. The van der Waals surface area contributed by atoms with E-state index in [0.717, 1.165) is 6.42 Å². The first-order valence-corrected chi connectivity index (χ1v) is 8.12. The maximum Gasteiger partial charge on any atom is 0.221 e. The van der Waals surface area contributed by atoms with Gasteiger partial charge in [-0.05, 0) is 12.0 Å². The van der Waals surface area contributed by atoms with E-state index in [1.807, 2.05) is 13.0 Å². The van der Waals surface area contributed by atoms with E-state index >= 15 is 0 Å². The van der Waals surface area contributed by atoms with Crippen LogP contribution in [0, 0.1) is 0 Å².